The van der Waals surface area contributed by atoms with Gasteiger partial charge in [0.15, 0.2) is 5.78 Å². The molecule has 2 aromatic rings. The van der Waals surface area contributed by atoms with Crippen molar-refractivity contribution in [3.05, 3.63) is 45.0 Å². The van der Waals surface area contributed by atoms with E-state index in [2.05, 4.69) is 25.2 Å². The number of Topliss-reactive ketones (excluding diaryl/α,β-unsaturated/α-hetero) is 1. The number of rotatable bonds is 5. The number of nitrogens with one attached hydrogen (secondary N) is 1. The van der Waals surface area contributed by atoms with Crippen molar-refractivity contribution in [1.29, 1.82) is 0 Å². The zero-order chi connectivity index (χ0) is 18.2. The largest absolute Gasteiger partial charge is 0.465 e. The molecule has 1 aliphatic carbocycles. The summed E-state index contributed by atoms with van der Waals surface area (Å²) in [6.45, 7) is 7.99. The summed E-state index contributed by atoms with van der Waals surface area (Å²) in [7, 11) is 0. The van der Waals surface area contributed by atoms with E-state index in [9.17, 15) is 9.59 Å². The van der Waals surface area contributed by atoms with Gasteiger partial charge in [0.05, 0.1) is 12.0 Å². The van der Waals surface area contributed by atoms with Crippen LogP contribution in [0, 0.1) is 12.3 Å². The van der Waals surface area contributed by atoms with Crippen LogP contribution in [0.2, 0.25) is 0 Å². The van der Waals surface area contributed by atoms with Gasteiger partial charge in [-0.2, -0.15) is 0 Å². The molecule has 1 atom stereocenters. The molecule has 0 radical (unpaired) electrons. The smallest absolute Gasteiger partial charge is 0.224 e. The highest BCUT2D eigenvalue weighted by atomic mass is 32.1. The van der Waals surface area contributed by atoms with E-state index in [-0.39, 0.29) is 29.6 Å². The lowest BCUT2D eigenvalue weighted by Crippen LogP contribution is -2.35. The van der Waals surface area contributed by atoms with Crippen molar-refractivity contribution in [1.82, 2.24) is 5.32 Å². The maximum absolute atomic E-state index is 12.6. The summed E-state index contributed by atoms with van der Waals surface area (Å²) in [5.74, 6) is 1.47. The monoisotopic (exact) mass is 359 g/mol. The molecule has 0 aliphatic heterocycles. The fourth-order valence-corrected chi connectivity index (χ4v) is 4.43. The van der Waals surface area contributed by atoms with Crippen molar-refractivity contribution in [2.24, 2.45) is 5.41 Å². The molecule has 0 spiro atoms. The summed E-state index contributed by atoms with van der Waals surface area (Å²) >= 11 is 1.69. The van der Waals surface area contributed by atoms with Crippen LogP contribution in [-0.4, -0.2) is 17.7 Å². The predicted molar refractivity (Wildman–Crippen MR) is 99.2 cm³/mol. The van der Waals surface area contributed by atoms with Gasteiger partial charge in [-0.05, 0) is 30.7 Å². The molecule has 4 nitrogen and oxygen atoms in total. The molecule has 1 N–H and O–H groups in total. The van der Waals surface area contributed by atoms with E-state index in [0.717, 1.165) is 24.2 Å². The zero-order valence-corrected chi connectivity index (χ0v) is 16.1. The Kier molecular flexibility index (Phi) is 4.87. The first-order chi connectivity index (χ1) is 11.7. The number of ketones is 1. The van der Waals surface area contributed by atoms with Crippen LogP contribution >= 0.6 is 11.3 Å². The summed E-state index contributed by atoms with van der Waals surface area (Å²) < 4.78 is 5.84. The number of fused-ring (bicyclic) bond motifs is 1. The van der Waals surface area contributed by atoms with Crippen LogP contribution in [0.3, 0.4) is 0 Å². The third-order valence-electron chi connectivity index (χ3n) is 4.67. The first-order valence-electron chi connectivity index (χ1n) is 8.71. The lowest BCUT2D eigenvalue weighted by atomic mass is 9.75. The molecule has 3 rings (SSSR count). The third kappa shape index (κ3) is 4.03. The topological polar surface area (TPSA) is 59.3 Å². The normalized spacial score (nSPS) is 17.2. The minimum atomic E-state index is -0.0802. The van der Waals surface area contributed by atoms with Crippen LogP contribution in [0.4, 0.5) is 0 Å². The van der Waals surface area contributed by atoms with Crippen molar-refractivity contribution in [2.45, 2.75) is 59.4 Å². The molecule has 2 aromatic heterocycles. The molecule has 0 fully saturated rings. The molecule has 5 heteroatoms. The molecule has 0 saturated heterocycles. The molecule has 0 saturated carbocycles. The highest BCUT2D eigenvalue weighted by Gasteiger charge is 2.36. The van der Waals surface area contributed by atoms with Gasteiger partial charge in [0.25, 0.3) is 0 Å². The third-order valence-corrected chi connectivity index (χ3v) is 5.57. The zero-order valence-electron chi connectivity index (χ0n) is 15.3. The molecular weight excluding hydrogens is 334 g/mol. The number of aryl methyl sites for hydroxylation is 1. The minimum absolute atomic E-state index is 0.0591. The van der Waals surface area contributed by atoms with Gasteiger partial charge in [-0.1, -0.05) is 19.9 Å². The quantitative estimate of drug-likeness (QED) is 0.874. The van der Waals surface area contributed by atoms with E-state index in [0.29, 0.717) is 17.7 Å². The molecule has 0 bridgehead atoms. The van der Waals surface area contributed by atoms with Crippen LogP contribution < -0.4 is 5.32 Å². The van der Waals surface area contributed by atoms with Crippen LogP contribution in [0.1, 0.15) is 59.5 Å². The standard InChI is InChI=1S/C20H25NO3S/c1-12(8-14-6-5-7-25-14)21-18(23)9-15-13(2)24-17-11-20(3,4)10-16(22)19(15)17/h5-7,12H,8-11H2,1-4H3,(H,21,23). The second-order valence-corrected chi connectivity index (χ2v) is 8.84. The van der Waals surface area contributed by atoms with E-state index < -0.39 is 0 Å². The summed E-state index contributed by atoms with van der Waals surface area (Å²) in [6, 6.07) is 4.15. The average Bonchev–Trinajstić information content (AvgIpc) is 3.06. The van der Waals surface area contributed by atoms with Crippen LogP contribution in [0.15, 0.2) is 21.9 Å². The lowest BCUT2D eigenvalue weighted by Gasteiger charge is -2.27. The van der Waals surface area contributed by atoms with Gasteiger partial charge in [0.1, 0.15) is 11.5 Å². The molecule has 2 heterocycles. The van der Waals surface area contributed by atoms with Gasteiger partial charge in [-0.25, -0.2) is 0 Å². The maximum Gasteiger partial charge on any atom is 0.224 e. The Hall–Kier alpha value is -1.88. The van der Waals surface area contributed by atoms with Crippen molar-refractivity contribution < 1.29 is 14.0 Å². The van der Waals surface area contributed by atoms with Gasteiger partial charge in [-0.15, -0.1) is 11.3 Å². The average molecular weight is 359 g/mol. The molecule has 1 aliphatic rings. The van der Waals surface area contributed by atoms with Crippen LogP contribution in [0.25, 0.3) is 0 Å². The van der Waals surface area contributed by atoms with E-state index in [1.807, 2.05) is 25.3 Å². The van der Waals surface area contributed by atoms with Crippen molar-refractivity contribution in [2.75, 3.05) is 0 Å². The number of carbonyl (C=O) groups is 2. The Balaban J connectivity index is 1.70. The van der Waals surface area contributed by atoms with E-state index in [1.165, 1.54) is 4.88 Å². The molecule has 1 amide bonds. The van der Waals surface area contributed by atoms with Crippen molar-refractivity contribution in [3.8, 4) is 0 Å². The first-order valence-corrected chi connectivity index (χ1v) is 9.59. The second kappa shape index (κ2) is 6.79. The Bertz CT molecular complexity index is 786. The van der Waals surface area contributed by atoms with Crippen LogP contribution in [-0.2, 0) is 24.1 Å². The fraction of sp³-hybridized carbons (Fsp3) is 0.500. The molecule has 1 unspecified atom stereocenters. The summed E-state index contributed by atoms with van der Waals surface area (Å²) in [5.41, 5.74) is 1.33. The van der Waals surface area contributed by atoms with E-state index >= 15 is 0 Å². The van der Waals surface area contributed by atoms with E-state index in [4.69, 9.17) is 4.42 Å². The van der Waals surface area contributed by atoms with Gasteiger partial charge < -0.3 is 9.73 Å². The minimum Gasteiger partial charge on any atom is -0.465 e. The summed E-state index contributed by atoms with van der Waals surface area (Å²) in [5, 5.41) is 5.08. The second-order valence-electron chi connectivity index (χ2n) is 7.80. The number of thiophene rings is 1. The van der Waals surface area contributed by atoms with Gasteiger partial charge in [0, 0.05) is 35.7 Å². The Labute approximate surface area is 152 Å². The molecule has 0 aromatic carbocycles. The lowest BCUT2D eigenvalue weighted by molar-refractivity contribution is -0.121. The Morgan fingerprint density at radius 3 is 2.84 bits per heavy atom. The number of hydrogen-bond acceptors (Lipinski definition) is 4. The molecular formula is C20H25NO3S. The number of amides is 1. The van der Waals surface area contributed by atoms with Gasteiger partial charge in [0.2, 0.25) is 5.91 Å². The van der Waals surface area contributed by atoms with Crippen molar-refractivity contribution >= 4 is 23.0 Å². The fourth-order valence-electron chi connectivity index (χ4n) is 3.59. The highest BCUT2D eigenvalue weighted by Crippen LogP contribution is 2.38. The van der Waals surface area contributed by atoms with Crippen LogP contribution in [0.5, 0.6) is 0 Å². The molecule has 134 valence electrons. The number of hydrogen-bond donors (Lipinski definition) is 1. The molecule has 25 heavy (non-hydrogen) atoms. The Morgan fingerprint density at radius 2 is 2.16 bits per heavy atom. The summed E-state index contributed by atoms with van der Waals surface area (Å²) in [4.78, 5) is 26.3. The SMILES string of the molecule is Cc1oc2c(c1CC(=O)NC(C)Cc1cccs1)C(=O)CC(C)(C)C2. The maximum atomic E-state index is 12.6. The first kappa shape index (κ1) is 17.9. The van der Waals surface area contributed by atoms with Gasteiger partial charge in [-0.3, -0.25) is 9.59 Å². The number of furan rings is 1. The Morgan fingerprint density at radius 1 is 1.40 bits per heavy atom. The number of carbonyl (C=O) groups excluding carboxylic acids is 2. The van der Waals surface area contributed by atoms with Gasteiger partial charge >= 0.3 is 0 Å². The highest BCUT2D eigenvalue weighted by molar-refractivity contribution is 7.09. The predicted octanol–water partition coefficient (Wildman–Crippen LogP) is 4.09. The van der Waals surface area contributed by atoms with Crippen molar-refractivity contribution in [3.63, 3.8) is 0 Å². The van der Waals surface area contributed by atoms with E-state index in [1.54, 1.807) is 11.3 Å². The summed E-state index contributed by atoms with van der Waals surface area (Å²) in [6.07, 6.45) is 2.26.